The minimum absolute atomic E-state index is 0.0736. The number of fused-ring (bicyclic) bond motifs is 1. The molecule has 1 unspecified atom stereocenters. The van der Waals surface area contributed by atoms with E-state index in [1.165, 1.54) is 0 Å². The van der Waals surface area contributed by atoms with Crippen molar-refractivity contribution in [1.29, 1.82) is 0 Å². The summed E-state index contributed by atoms with van der Waals surface area (Å²) in [6.07, 6.45) is 5.00. The van der Waals surface area contributed by atoms with Gasteiger partial charge in [-0.25, -0.2) is 19.9 Å². The topological polar surface area (TPSA) is 85.7 Å². The molecule has 4 aromatic rings. The van der Waals surface area contributed by atoms with Gasteiger partial charge in [0.1, 0.15) is 18.2 Å². The highest BCUT2D eigenvalue weighted by Gasteiger charge is 2.22. The minimum Gasteiger partial charge on any atom is -0.493 e. The van der Waals surface area contributed by atoms with E-state index in [1.807, 2.05) is 49.4 Å². The van der Waals surface area contributed by atoms with E-state index in [4.69, 9.17) is 14.2 Å². The lowest BCUT2D eigenvalue weighted by Gasteiger charge is -2.35. The van der Waals surface area contributed by atoms with Gasteiger partial charge in [0.15, 0.2) is 17.2 Å². The van der Waals surface area contributed by atoms with Crippen LogP contribution >= 0.6 is 0 Å². The van der Waals surface area contributed by atoms with Crippen LogP contribution in [0.4, 0.5) is 11.8 Å². The number of hydrogen-bond donors (Lipinski definition) is 0. The highest BCUT2D eigenvalue weighted by atomic mass is 16.5. The fourth-order valence-corrected chi connectivity index (χ4v) is 4.27. The van der Waals surface area contributed by atoms with Crippen LogP contribution < -0.4 is 24.0 Å². The first-order valence-corrected chi connectivity index (χ1v) is 11.6. The third kappa shape index (κ3) is 4.75. The number of benzene rings is 2. The predicted octanol–water partition coefficient (Wildman–Crippen LogP) is 3.90. The van der Waals surface area contributed by atoms with Crippen molar-refractivity contribution in [2.75, 3.05) is 50.2 Å². The molecule has 2 aromatic heterocycles. The van der Waals surface area contributed by atoms with E-state index in [9.17, 15) is 0 Å². The molecular formula is C26H28N6O3. The van der Waals surface area contributed by atoms with Crippen molar-refractivity contribution in [2.24, 2.45) is 0 Å². The lowest BCUT2D eigenvalue weighted by atomic mass is 10.1. The van der Waals surface area contributed by atoms with Gasteiger partial charge in [0.05, 0.1) is 32.1 Å². The van der Waals surface area contributed by atoms with Crippen LogP contribution in [0.25, 0.3) is 10.9 Å². The van der Waals surface area contributed by atoms with Crippen LogP contribution in [-0.4, -0.2) is 60.3 Å². The number of piperazine rings is 1. The van der Waals surface area contributed by atoms with Gasteiger partial charge in [-0.05, 0) is 18.6 Å². The van der Waals surface area contributed by atoms with Gasteiger partial charge in [0.2, 0.25) is 5.95 Å². The average Bonchev–Trinajstić information content (AvgIpc) is 2.93. The molecule has 1 fully saturated rings. The number of anilines is 2. The Morgan fingerprint density at radius 1 is 0.800 bits per heavy atom. The van der Waals surface area contributed by atoms with Crippen LogP contribution in [0.5, 0.6) is 17.2 Å². The number of methoxy groups -OCH3 is 2. The van der Waals surface area contributed by atoms with Crippen LogP contribution in [0, 0.1) is 0 Å². The molecule has 5 rings (SSSR count). The van der Waals surface area contributed by atoms with Crippen molar-refractivity contribution in [3.05, 3.63) is 66.7 Å². The van der Waals surface area contributed by atoms with Crippen molar-refractivity contribution >= 4 is 22.7 Å². The summed E-state index contributed by atoms with van der Waals surface area (Å²) in [6, 6.07) is 13.9. The first-order valence-electron chi connectivity index (χ1n) is 11.6. The molecule has 3 heterocycles. The zero-order chi connectivity index (χ0) is 24.2. The van der Waals surface area contributed by atoms with Gasteiger partial charge in [0, 0.05) is 37.6 Å². The summed E-state index contributed by atoms with van der Waals surface area (Å²) >= 11 is 0. The van der Waals surface area contributed by atoms with E-state index in [2.05, 4.69) is 29.7 Å². The number of nitrogens with zero attached hydrogens (tertiary/aromatic N) is 6. The van der Waals surface area contributed by atoms with E-state index < -0.39 is 0 Å². The number of hydrogen-bond acceptors (Lipinski definition) is 9. The van der Waals surface area contributed by atoms with Crippen LogP contribution in [-0.2, 0) is 0 Å². The van der Waals surface area contributed by atoms with Gasteiger partial charge < -0.3 is 24.0 Å². The molecule has 0 bridgehead atoms. The standard InChI is InChI=1S/C26H28N6O3/c1-18(19-7-5-4-6-8-19)35-20-15-27-26(28-16-20)32-11-9-31(10-12-32)25-21-13-23(33-2)24(34-3)14-22(21)29-17-30-25/h4-8,13-18H,9-12H2,1-3H3. The Balaban J connectivity index is 1.25. The lowest BCUT2D eigenvalue weighted by molar-refractivity contribution is 0.225. The highest BCUT2D eigenvalue weighted by molar-refractivity contribution is 5.92. The van der Waals surface area contributed by atoms with Crippen molar-refractivity contribution in [2.45, 2.75) is 13.0 Å². The fraction of sp³-hybridized carbons (Fsp3) is 0.308. The third-order valence-corrected chi connectivity index (χ3v) is 6.18. The van der Waals surface area contributed by atoms with E-state index in [-0.39, 0.29) is 6.10 Å². The summed E-state index contributed by atoms with van der Waals surface area (Å²) in [5, 5.41) is 0.934. The fourth-order valence-electron chi connectivity index (χ4n) is 4.27. The van der Waals surface area contributed by atoms with Crippen molar-refractivity contribution < 1.29 is 14.2 Å². The molecule has 0 amide bonds. The van der Waals surface area contributed by atoms with E-state index >= 15 is 0 Å². The molecular weight excluding hydrogens is 444 g/mol. The van der Waals surface area contributed by atoms with Crippen molar-refractivity contribution in [3.8, 4) is 17.2 Å². The second kappa shape index (κ2) is 10.0. The van der Waals surface area contributed by atoms with Crippen LogP contribution in [0.3, 0.4) is 0 Å². The molecule has 0 N–H and O–H groups in total. The number of aromatic nitrogens is 4. The molecule has 9 heteroatoms. The Kier molecular flexibility index (Phi) is 6.47. The molecule has 2 aromatic carbocycles. The summed E-state index contributed by atoms with van der Waals surface area (Å²) in [7, 11) is 3.25. The summed E-state index contributed by atoms with van der Waals surface area (Å²) in [4.78, 5) is 22.5. The minimum atomic E-state index is -0.0736. The first-order chi connectivity index (χ1) is 17.2. The maximum Gasteiger partial charge on any atom is 0.225 e. The molecule has 1 aliphatic heterocycles. The molecule has 1 aliphatic rings. The zero-order valence-corrected chi connectivity index (χ0v) is 20.1. The molecule has 0 radical (unpaired) electrons. The summed E-state index contributed by atoms with van der Waals surface area (Å²) in [6.45, 7) is 5.14. The molecule has 35 heavy (non-hydrogen) atoms. The molecule has 9 nitrogen and oxygen atoms in total. The average molecular weight is 473 g/mol. The van der Waals surface area contributed by atoms with Crippen LogP contribution in [0.2, 0.25) is 0 Å². The van der Waals surface area contributed by atoms with Crippen molar-refractivity contribution in [3.63, 3.8) is 0 Å². The molecule has 0 saturated carbocycles. The molecule has 0 spiro atoms. The molecule has 180 valence electrons. The van der Waals surface area contributed by atoms with E-state index in [0.717, 1.165) is 48.5 Å². The Morgan fingerprint density at radius 3 is 2.14 bits per heavy atom. The predicted molar refractivity (Wildman–Crippen MR) is 135 cm³/mol. The Labute approximate surface area is 204 Å². The van der Waals surface area contributed by atoms with Gasteiger partial charge >= 0.3 is 0 Å². The normalized spacial score (nSPS) is 14.6. The van der Waals surface area contributed by atoms with Gasteiger partial charge in [-0.2, -0.15) is 0 Å². The second-order valence-corrected chi connectivity index (χ2v) is 8.29. The van der Waals surface area contributed by atoms with Gasteiger partial charge in [-0.3, -0.25) is 0 Å². The first kappa shape index (κ1) is 22.6. The Hall–Kier alpha value is -4.14. The van der Waals surface area contributed by atoms with Crippen LogP contribution in [0.1, 0.15) is 18.6 Å². The maximum atomic E-state index is 6.01. The van der Waals surface area contributed by atoms with Gasteiger partial charge in [-0.15, -0.1) is 0 Å². The Bertz CT molecular complexity index is 1280. The molecule has 1 saturated heterocycles. The Morgan fingerprint density at radius 2 is 1.46 bits per heavy atom. The second-order valence-electron chi connectivity index (χ2n) is 8.29. The van der Waals surface area contributed by atoms with Gasteiger partial charge in [0.25, 0.3) is 0 Å². The van der Waals surface area contributed by atoms with E-state index in [0.29, 0.717) is 23.2 Å². The quantitative estimate of drug-likeness (QED) is 0.397. The number of rotatable bonds is 7. The third-order valence-electron chi connectivity index (χ3n) is 6.18. The van der Waals surface area contributed by atoms with Gasteiger partial charge in [-0.1, -0.05) is 30.3 Å². The summed E-state index contributed by atoms with van der Waals surface area (Å²) < 4.78 is 16.9. The summed E-state index contributed by atoms with van der Waals surface area (Å²) in [5.41, 5.74) is 1.93. The summed E-state index contributed by atoms with van der Waals surface area (Å²) in [5.74, 6) is 3.54. The highest BCUT2D eigenvalue weighted by Crippen LogP contribution is 2.35. The van der Waals surface area contributed by atoms with Crippen molar-refractivity contribution in [1.82, 2.24) is 19.9 Å². The van der Waals surface area contributed by atoms with Crippen LogP contribution in [0.15, 0.2) is 61.2 Å². The lowest BCUT2D eigenvalue weighted by Crippen LogP contribution is -2.47. The number of ether oxygens (including phenoxy) is 3. The zero-order valence-electron chi connectivity index (χ0n) is 20.1. The SMILES string of the molecule is COc1cc2ncnc(N3CCN(c4ncc(OC(C)c5ccccc5)cn4)CC3)c2cc1OC. The monoisotopic (exact) mass is 472 g/mol. The van der Waals surface area contributed by atoms with E-state index in [1.54, 1.807) is 32.9 Å². The largest absolute Gasteiger partial charge is 0.493 e. The smallest absolute Gasteiger partial charge is 0.225 e. The molecule has 0 aliphatic carbocycles. The maximum absolute atomic E-state index is 6.01. The molecule has 1 atom stereocenters.